The lowest BCUT2D eigenvalue weighted by Crippen LogP contribution is -2.45. The van der Waals surface area contributed by atoms with Crippen LogP contribution in [0.15, 0.2) is 23.1 Å². The third-order valence-electron chi connectivity index (χ3n) is 4.01. The molecule has 2 saturated heterocycles. The third kappa shape index (κ3) is 2.84. The van der Waals surface area contributed by atoms with Gasteiger partial charge in [0, 0.05) is 25.9 Å². The molecule has 7 nitrogen and oxygen atoms in total. The van der Waals surface area contributed by atoms with E-state index >= 15 is 0 Å². The van der Waals surface area contributed by atoms with E-state index in [2.05, 4.69) is 4.90 Å². The largest absolute Gasteiger partial charge is 0.397 e. The molecule has 116 valence electrons. The zero-order valence-corrected chi connectivity index (χ0v) is 12.4. The van der Waals surface area contributed by atoms with E-state index in [1.807, 2.05) is 0 Å². The Morgan fingerprint density at radius 2 is 1.76 bits per heavy atom. The van der Waals surface area contributed by atoms with E-state index < -0.39 is 15.8 Å². The van der Waals surface area contributed by atoms with Gasteiger partial charge in [-0.05, 0) is 18.2 Å². The van der Waals surface area contributed by atoms with Crippen molar-refractivity contribution in [3.8, 4) is 0 Å². The maximum Gasteiger partial charge on any atom is 0.238 e. The molecule has 0 amide bonds. The molecule has 0 aromatic heterocycles. The summed E-state index contributed by atoms with van der Waals surface area (Å²) in [7, 11) is -3.73. The molecule has 0 aliphatic carbocycles. The van der Waals surface area contributed by atoms with Crippen molar-refractivity contribution in [2.45, 2.75) is 23.5 Å². The summed E-state index contributed by atoms with van der Waals surface area (Å²) in [6, 6.07) is 4.58. The highest BCUT2D eigenvalue weighted by Gasteiger charge is 2.40. The molecule has 2 aliphatic heterocycles. The predicted molar refractivity (Wildman–Crippen MR) is 78.3 cm³/mol. The molecule has 8 heteroatoms. The van der Waals surface area contributed by atoms with Crippen molar-refractivity contribution in [3.05, 3.63) is 18.2 Å². The van der Waals surface area contributed by atoms with Gasteiger partial charge in [-0.2, -0.15) is 0 Å². The topological polar surface area (TPSA) is 108 Å². The van der Waals surface area contributed by atoms with Crippen LogP contribution in [0.3, 0.4) is 0 Å². The standard InChI is InChI=1S/C13H19N3O4S/c14-11-9-10(21(15,17)18)1-2-12(11)16-5-3-13(4-6-16)19-7-8-20-13/h1-2,9H,3-8,14H2,(H2,15,17,18). The number of nitrogens with two attached hydrogens (primary N) is 2. The monoisotopic (exact) mass is 313 g/mol. The first-order chi connectivity index (χ1) is 9.90. The Bertz CT molecular complexity index is 631. The van der Waals surface area contributed by atoms with E-state index in [-0.39, 0.29) is 4.90 Å². The van der Waals surface area contributed by atoms with Gasteiger partial charge in [0.2, 0.25) is 10.0 Å². The molecule has 0 atom stereocenters. The van der Waals surface area contributed by atoms with Crippen LogP contribution in [0, 0.1) is 0 Å². The van der Waals surface area contributed by atoms with E-state index in [4.69, 9.17) is 20.3 Å². The van der Waals surface area contributed by atoms with Crippen LogP contribution in [0.25, 0.3) is 0 Å². The van der Waals surface area contributed by atoms with Crippen molar-refractivity contribution in [2.24, 2.45) is 5.14 Å². The number of rotatable bonds is 2. The summed E-state index contributed by atoms with van der Waals surface area (Å²) in [6.45, 7) is 2.79. The summed E-state index contributed by atoms with van der Waals surface area (Å²) in [6.07, 6.45) is 1.53. The molecule has 0 unspecified atom stereocenters. The fourth-order valence-corrected chi connectivity index (χ4v) is 3.42. The van der Waals surface area contributed by atoms with Crippen molar-refractivity contribution in [1.29, 1.82) is 0 Å². The molecule has 0 bridgehead atoms. The molecule has 2 fully saturated rings. The third-order valence-corrected chi connectivity index (χ3v) is 4.92. The number of sulfonamides is 1. The van der Waals surface area contributed by atoms with E-state index in [0.717, 1.165) is 31.6 Å². The van der Waals surface area contributed by atoms with Crippen molar-refractivity contribution >= 4 is 21.4 Å². The average Bonchev–Trinajstić information content (AvgIpc) is 2.87. The second-order valence-electron chi connectivity index (χ2n) is 5.36. The summed E-state index contributed by atoms with van der Waals surface area (Å²) in [5.41, 5.74) is 7.19. The minimum atomic E-state index is -3.73. The number of hydrogen-bond acceptors (Lipinski definition) is 6. The second-order valence-corrected chi connectivity index (χ2v) is 6.92. The molecule has 1 aromatic rings. The van der Waals surface area contributed by atoms with Gasteiger partial charge in [0.1, 0.15) is 0 Å². The lowest BCUT2D eigenvalue weighted by molar-refractivity contribution is -0.169. The van der Waals surface area contributed by atoms with Gasteiger partial charge in [-0.25, -0.2) is 13.6 Å². The molecule has 21 heavy (non-hydrogen) atoms. The fourth-order valence-electron chi connectivity index (χ4n) is 2.87. The first-order valence-electron chi connectivity index (χ1n) is 6.85. The maximum absolute atomic E-state index is 11.3. The zero-order chi connectivity index (χ0) is 15.1. The molecule has 4 N–H and O–H groups in total. The highest BCUT2D eigenvalue weighted by atomic mass is 32.2. The van der Waals surface area contributed by atoms with Gasteiger partial charge in [0.15, 0.2) is 5.79 Å². The Labute approximate surface area is 123 Å². The Morgan fingerprint density at radius 1 is 1.14 bits per heavy atom. The highest BCUT2D eigenvalue weighted by molar-refractivity contribution is 7.89. The molecule has 0 saturated carbocycles. The van der Waals surface area contributed by atoms with Gasteiger partial charge < -0.3 is 20.1 Å². The van der Waals surface area contributed by atoms with Crippen LogP contribution >= 0.6 is 0 Å². The van der Waals surface area contributed by atoms with Crippen LogP contribution in [0.2, 0.25) is 0 Å². The molecule has 1 aromatic carbocycles. The van der Waals surface area contributed by atoms with Gasteiger partial charge in [-0.1, -0.05) is 0 Å². The number of benzene rings is 1. The summed E-state index contributed by atoms with van der Waals surface area (Å²) in [5.74, 6) is -0.439. The van der Waals surface area contributed by atoms with Gasteiger partial charge in [0.25, 0.3) is 0 Å². The smallest absolute Gasteiger partial charge is 0.238 e. The van der Waals surface area contributed by atoms with Crippen LogP contribution in [0.5, 0.6) is 0 Å². The minimum Gasteiger partial charge on any atom is -0.397 e. The van der Waals surface area contributed by atoms with Gasteiger partial charge >= 0.3 is 0 Å². The molecular weight excluding hydrogens is 294 g/mol. The molecule has 2 aliphatic rings. The van der Waals surface area contributed by atoms with Crippen molar-refractivity contribution in [2.75, 3.05) is 36.9 Å². The lowest BCUT2D eigenvalue weighted by atomic mass is 10.0. The Hall–Kier alpha value is -1.35. The van der Waals surface area contributed by atoms with Gasteiger partial charge in [-0.15, -0.1) is 0 Å². The molecule has 1 spiro atoms. The maximum atomic E-state index is 11.3. The number of ether oxygens (including phenoxy) is 2. The highest BCUT2D eigenvalue weighted by Crippen LogP contribution is 2.35. The molecule has 0 radical (unpaired) electrons. The van der Waals surface area contributed by atoms with E-state index in [1.165, 1.54) is 12.1 Å². The first kappa shape index (κ1) is 14.6. The molecule has 2 heterocycles. The lowest BCUT2D eigenvalue weighted by Gasteiger charge is -2.39. The van der Waals surface area contributed by atoms with Crippen LogP contribution in [-0.4, -0.2) is 40.5 Å². The molecule has 3 rings (SSSR count). The van der Waals surface area contributed by atoms with Crippen LogP contribution in [0.4, 0.5) is 11.4 Å². The summed E-state index contributed by atoms with van der Waals surface area (Å²) in [4.78, 5) is 2.14. The number of nitrogens with zero attached hydrogens (tertiary/aromatic N) is 1. The van der Waals surface area contributed by atoms with E-state index in [9.17, 15) is 8.42 Å². The van der Waals surface area contributed by atoms with E-state index in [1.54, 1.807) is 6.07 Å². The van der Waals surface area contributed by atoms with Crippen molar-refractivity contribution < 1.29 is 17.9 Å². The number of piperidine rings is 1. The average molecular weight is 313 g/mol. The predicted octanol–water partition coefficient (Wildman–Crippen LogP) is 0.259. The summed E-state index contributed by atoms with van der Waals surface area (Å²) >= 11 is 0. The fraction of sp³-hybridized carbons (Fsp3) is 0.538. The number of hydrogen-bond donors (Lipinski definition) is 2. The first-order valence-corrected chi connectivity index (χ1v) is 8.39. The minimum absolute atomic E-state index is 0.0275. The molecular formula is C13H19N3O4S. The van der Waals surface area contributed by atoms with E-state index in [0.29, 0.717) is 18.9 Å². The quantitative estimate of drug-likeness (QED) is 0.758. The Kier molecular flexibility index (Phi) is 3.56. The summed E-state index contributed by atoms with van der Waals surface area (Å²) < 4.78 is 34.0. The summed E-state index contributed by atoms with van der Waals surface area (Å²) in [5, 5.41) is 5.10. The van der Waals surface area contributed by atoms with Crippen LogP contribution in [-0.2, 0) is 19.5 Å². The van der Waals surface area contributed by atoms with Gasteiger partial charge in [0.05, 0.1) is 29.5 Å². The van der Waals surface area contributed by atoms with Gasteiger partial charge in [-0.3, -0.25) is 0 Å². The number of nitrogen functional groups attached to an aromatic ring is 1. The normalized spacial score (nSPS) is 21.9. The second kappa shape index (κ2) is 5.13. The Balaban J connectivity index is 1.76. The SMILES string of the molecule is Nc1cc(S(N)(=O)=O)ccc1N1CCC2(CC1)OCCO2. The van der Waals surface area contributed by atoms with Crippen LogP contribution < -0.4 is 15.8 Å². The van der Waals surface area contributed by atoms with Crippen molar-refractivity contribution in [3.63, 3.8) is 0 Å². The zero-order valence-electron chi connectivity index (χ0n) is 11.6. The number of primary sulfonamides is 1. The number of anilines is 2. The Morgan fingerprint density at radius 3 is 2.29 bits per heavy atom. The van der Waals surface area contributed by atoms with Crippen molar-refractivity contribution in [1.82, 2.24) is 0 Å². The van der Waals surface area contributed by atoms with Crippen LogP contribution in [0.1, 0.15) is 12.8 Å².